The molecule has 2 aromatic rings. The molecule has 26 heavy (non-hydrogen) atoms. The molecule has 1 N–H and O–H groups in total. The van der Waals surface area contributed by atoms with Crippen molar-refractivity contribution in [1.82, 2.24) is 4.72 Å². The summed E-state index contributed by atoms with van der Waals surface area (Å²) in [6, 6.07) is 13.3. The second kappa shape index (κ2) is 7.76. The summed E-state index contributed by atoms with van der Waals surface area (Å²) in [5.41, 5.74) is 0.435. The Morgan fingerprint density at radius 3 is 2.73 bits per heavy atom. The molecule has 0 unspecified atom stereocenters. The zero-order valence-corrected chi connectivity index (χ0v) is 15.1. The van der Waals surface area contributed by atoms with Crippen LogP contribution in [0.5, 0.6) is 5.75 Å². The number of nitrogens with zero attached hydrogens (tertiary/aromatic N) is 1. The van der Waals surface area contributed by atoms with E-state index in [0.717, 1.165) is 0 Å². The Morgan fingerprint density at radius 2 is 1.92 bits per heavy atom. The van der Waals surface area contributed by atoms with E-state index < -0.39 is 16.0 Å². The summed E-state index contributed by atoms with van der Waals surface area (Å²) in [5.74, 6) is 0.120. The number of aliphatic imine (C=N–C) groups is 1. The van der Waals surface area contributed by atoms with Crippen molar-refractivity contribution >= 4 is 33.4 Å². The maximum absolute atomic E-state index is 11.9. The Bertz CT molecular complexity index is 959. The monoisotopic (exact) mass is 394 g/mol. The zero-order chi connectivity index (χ0) is 18.6. The molecule has 0 fully saturated rings. The van der Waals surface area contributed by atoms with Crippen LogP contribution in [0.3, 0.4) is 0 Å². The van der Waals surface area contributed by atoms with Crippen LogP contribution < -0.4 is 9.46 Å². The zero-order valence-electron chi connectivity index (χ0n) is 13.5. The molecule has 1 heterocycles. The van der Waals surface area contributed by atoms with Crippen LogP contribution in [0.4, 0.5) is 0 Å². The van der Waals surface area contributed by atoms with Crippen LogP contribution in [-0.4, -0.2) is 40.0 Å². The summed E-state index contributed by atoms with van der Waals surface area (Å²) < 4.78 is 36.6. The van der Waals surface area contributed by atoms with Gasteiger partial charge in [0.05, 0.1) is 4.90 Å². The van der Waals surface area contributed by atoms with Gasteiger partial charge in [-0.2, -0.15) is 0 Å². The minimum Gasteiger partial charge on any atom is -0.490 e. The number of ether oxygens (including phenoxy) is 2. The fourth-order valence-electron chi connectivity index (χ4n) is 2.31. The first-order valence-corrected chi connectivity index (χ1v) is 9.52. The lowest BCUT2D eigenvalue weighted by molar-refractivity contribution is -0.142. The molecule has 0 aromatic heterocycles. The molecule has 0 atom stereocenters. The molecule has 3 rings (SSSR count). The van der Waals surface area contributed by atoms with Crippen LogP contribution in [0.1, 0.15) is 5.56 Å². The number of carbonyl (C=O) groups excluding carboxylic acids is 1. The highest BCUT2D eigenvalue weighted by Gasteiger charge is 2.30. The van der Waals surface area contributed by atoms with Crippen LogP contribution >= 0.6 is 11.6 Å². The van der Waals surface area contributed by atoms with Gasteiger partial charge < -0.3 is 9.47 Å². The standard InChI is InChI=1S/C17H15ClN2O5S/c18-12-4-3-5-13(10-12)24-8-9-25-16(21)11-19-17-14-6-1-2-7-15(14)26(22,23)20-17/h1-7,10H,8-9,11H2,(H,19,20). The second-order valence-corrected chi connectivity index (χ2v) is 7.38. The van der Waals surface area contributed by atoms with Crippen molar-refractivity contribution in [2.75, 3.05) is 19.8 Å². The molecule has 2 aromatic carbocycles. The highest BCUT2D eigenvalue weighted by Crippen LogP contribution is 2.22. The number of benzene rings is 2. The van der Waals surface area contributed by atoms with Gasteiger partial charge in [-0.1, -0.05) is 29.8 Å². The van der Waals surface area contributed by atoms with E-state index in [-0.39, 0.29) is 30.5 Å². The van der Waals surface area contributed by atoms with E-state index in [2.05, 4.69) is 9.71 Å². The molecule has 136 valence electrons. The van der Waals surface area contributed by atoms with Crippen LogP contribution in [0.2, 0.25) is 5.02 Å². The number of halogens is 1. The van der Waals surface area contributed by atoms with E-state index in [0.29, 0.717) is 16.3 Å². The third-order valence-corrected chi connectivity index (χ3v) is 5.07. The fraction of sp³-hybridized carbons (Fsp3) is 0.176. The van der Waals surface area contributed by atoms with Crippen molar-refractivity contribution in [3.63, 3.8) is 0 Å². The topological polar surface area (TPSA) is 94.1 Å². The number of esters is 1. The predicted molar refractivity (Wildman–Crippen MR) is 96.1 cm³/mol. The van der Waals surface area contributed by atoms with Gasteiger partial charge in [-0.25, -0.2) is 8.42 Å². The molecular weight excluding hydrogens is 380 g/mol. The number of hydrogen-bond acceptors (Lipinski definition) is 6. The number of sulfonamides is 1. The molecule has 7 nitrogen and oxygen atoms in total. The average molecular weight is 395 g/mol. The van der Waals surface area contributed by atoms with Crippen molar-refractivity contribution in [2.45, 2.75) is 4.90 Å². The van der Waals surface area contributed by atoms with E-state index in [1.807, 2.05) is 0 Å². The van der Waals surface area contributed by atoms with Crippen LogP contribution in [0, 0.1) is 0 Å². The van der Waals surface area contributed by atoms with Gasteiger partial charge in [-0.15, -0.1) is 0 Å². The number of nitrogens with one attached hydrogen (secondary N) is 1. The van der Waals surface area contributed by atoms with Crippen LogP contribution in [0.25, 0.3) is 0 Å². The summed E-state index contributed by atoms with van der Waals surface area (Å²) in [6.07, 6.45) is 0. The fourth-order valence-corrected chi connectivity index (χ4v) is 3.74. The van der Waals surface area contributed by atoms with Crippen LogP contribution in [0.15, 0.2) is 58.4 Å². The summed E-state index contributed by atoms with van der Waals surface area (Å²) in [4.78, 5) is 15.9. The van der Waals surface area contributed by atoms with Crippen LogP contribution in [-0.2, 0) is 19.6 Å². The molecule has 9 heteroatoms. The minimum absolute atomic E-state index is 0.0402. The number of hydrogen-bond donors (Lipinski definition) is 1. The average Bonchev–Trinajstić information content (AvgIpc) is 2.88. The molecule has 0 bridgehead atoms. The SMILES string of the molecule is O=C(CN=C1NS(=O)(=O)c2ccccc21)OCCOc1cccc(Cl)c1. The Hall–Kier alpha value is -2.58. The van der Waals surface area contributed by atoms with Gasteiger partial charge in [-0.3, -0.25) is 14.5 Å². The molecule has 1 aliphatic rings. The van der Waals surface area contributed by atoms with Crippen molar-refractivity contribution in [1.29, 1.82) is 0 Å². The molecule has 0 spiro atoms. The van der Waals surface area contributed by atoms with E-state index >= 15 is 0 Å². The molecule has 0 saturated heterocycles. The lowest BCUT2D eigenvalue weighted by Gasteiger charge is -2.07. The number of rotatable bonds is 6. The molecule has 0 radical (unpaired) electrons. The highest BCUT2D eigenvalue weighted by atomic mass is 35.5. The van der Waals surface area contributed by atoms with Gasteiger partial charge >= 0.3 is 5.97 Å². The highest BCUT2D eigenvalue weighted by molar-refractivity contribution is 7.90. The second-order valence-electron chi connectivity index (χ2n) is 5.29. The first-order chi connectivity index (χ1) is 12.5. The summed E-state index contributed by atoms with van der Waals surface area (Å²) >= 11 is 5.84. The first kappa shape index (κ1) is 18.2. The third-order valence-electron chi connectivity index (χ3n) is 3.44. The van der Waals surface area contributed by atoms with E-state index in [1.54, 1.807) is 42.5 Å². The van der Waals surface area contributed by atoms with E-state index in [9.17, 15) is 13.2 Å². The molecule has 0 amide bonds. The Kier molecular flexibility index (Phi) is 5.43. The number of amidine groups is 1. The van der Waals surface area contributed by atoms with E-state index in [1.165, 1.54) is 6.07 Å². The summed E-state index contributed by atoms with van der Waals surface area (Å²) in [5, 5.41) is 0.551. The molecule has 0 aliphatic carbocycles. The Morgan fingerprint density at radius 1 is 1.12 bits per heavy atom. The number of fused-ring (bicyclic) bond motifs is 1. The van der Waals surface area contributed by atoms with Gasteiger partial charge in [0.2, 0.25) is 0 Å². The van der Waals surface area contributed by atoms with Gasteiger partial charge in [0.25, 0.3) is 10.0 Å². The first-order valence-electron chi connectivity index (χ1n) is 7.66. The predicted octanol–water partition coefficient (Wildman–Crippen LogP) is 2.00. The summed E-state index contributed by atoms with van der Waals surface area (Å²) in [6.45, 7) is -0.0972. The quantitative estimate of drug-likeness (QED) is 0.597. The van der Waals surface area contributed by atoms with Crippen molar-refractivity contribution < 1.29 is 22.7 Å². The van der Waals surface area contributed by atoms with Crippen molar-refractivity contribution in [3.05, 3.63) is 59.1 Å². The largest absolute Gasteiger partial charge is 0.490 e. The molecular formula is C17H15ClN2O5S. The Balaban J connectivity index is 1.49. The van der Waals surface area contributed by atoms with Gasteiger partial charge in [0.1, 0.15) is 31.3 Å². The third kappa shape index (κ3) is 4.33. The molecule has 1 aliphatic heterocycles. The normalized spacial score (nSPS) is 16.0. The van der Waals surface area contributed by atoms with Gasteiger partial charge in [0, 0.05) is 10.6 Å². The Labute approximate surface area is 155 Å². The maximum atomic E-state index is 11.9. The lowest BCUT2D eigenvalue weighted by atomic mass is 10.2. The van der Waals surface area contributed by atoms with Gasteiger partial charge in [0.15, 0.2) is 0 Å². The number of carbonyl (C=O) groups is 1. The lowest BCUT2D eigenvalue weighted by Crippen LogP contribution is -2.23. The van der Waals surface area contributed by atoms with Crippen molar-refractivity contribution in [2.24, 2.45) is 4.99 Å². The van der Waals surface area contributed by atoms with Crippen molar-refractivity contribution in [3.8, 4) is 5.75 Å². The smallest absolute Gasteiger partial charge is 0.327 e. The maximum Gasteiger partial charge on any atom is 0.327 e. The summed E-state index contributed by atoms with van der Waals surface area (Å²) in [7, 11) is -3.62. The minimum atomic E-state index is -3.62. The van der Waals surface area contributed by atoms with E-state index in [4.69, 9.17) is 21.1 Å². The molecule has 0 saturated carbocycles. The van der Waals surface area contributed by atoms with Gasteiger partial charge in [-0.05, 0) is 30.3 Å².